The predicted molar refractivity (Wildman–Crippen MR) is 69.3 cm³/mol. The van der Waals surface area contributed by atoms with E-state index in [1.807, 2.05) is 25.1 Å². The number of benzene rings is 1. The number of nitrogens with zero attached hydrogens (tertiary/aromatic N) is 1. The van der Waals surface area contributed by atoms with Crippen molar-refractivity contribution in [1.82, 2.24) is 4.98 Å². The zero-order chi connectivity index (χ0) is 13.0. The molecule has 0 aliphatic carbocycles. The lowest BCUT2D eigenvalue weighted by molar-refractivity contribution is 0.300. The molecule has 3 N–H and O–H groups in total. The molecule has 0 bridgehead atoms. The van der Waals surface area contributed by atoms with Crippen molar-refractivity contribution >= 4 is 0 Å². The van der Waals surface area contributed by atoms with Gasteiger partial charge in [-0.1, -0.05) is 12.1 Å². The number of hydrogen-bond acceptors (Lipinski definition) is 4. The summed E-state index contributed by atoms with van der Waals surface area (Å²) in [7, 11) is 0. The first-order valence-corrected chi connectivity index (χ1v) is 5.76. The van der Waals surface area contributed by atoms with Gasteiger partial charge in [-0.2, -0.15) is 0 Å². The van der Waals surface area contributed by atoms with Gasteiger partial charge in [-0.25, -0.2) is 0 Å². The lowest BCUT2D eigenvalue weighted by Gasteiger charge is -2.10. The van der Waals surface area contributed by atoms with Gasteiger partial charge in [0, 0.05) is 12.2 Å². The first kappa shape index (κ1) is 12.4. The number of pyridine rings is 1. The van der Waals surface area contributed by atoms with Gasteiger partial charge < -0.3 is 15.6 Å². The van der Waals surface area contributed by atoms with E-state index in [2.05, 4.69) is 4.98 Å². The van der Waals surface area contributed by atoms with Crippen LogP contribution in [0.2, 0.25) is 0 Å². The number of phenols is 1. The average Bonchev–Trinajstić information content (AvgIpc) is 2.37. The molecule has 0 spiro atoms. The van der Waals surface area contributed by atoms with Gasteiger partial charge in [0.1, 0.15) is 18.1 Å². The van der Waals surface area contributed by atoms with Gasteiger partial charge >= 0.3 is 0 Å². The van der Waals surface area contributed by atoms with E-state index in [9.17, 15) is 5.11 Å². The van der Waals surface area contributed by atoms with E-state index in [-0.39, 0.29) is 5.75 Å². The highest BCUT2D eigenvalue weighted by Crippen LogP contribution is 2.19. The molecule has 0 saturated carbocycles. The Hall–Kier alpha value is -2.07. The summed E-state index contributed by atoms with van der Waals surface area (Å²) in [6.45, 7) is 2.64. The SMILES string of the molecule is Cc1ccc(OCc2cccc(O)c2)c(CN)n1. The second kappa shape index (κ2) is 5.51. The fourth-order valence-electron chi connectivity index (χ4n) is 1.68. The van der Waals surface area contributed by atoms with Crippen molar-refractivity contribution in [2.24, 2.45) is 5.73 Å². The predicted octanol–water partition coefficient (Wildman–Crippen LogP) is 2.13. The highest BCUT2D eigenvalue weighted by molar-refractivity contribution is 5.31. The van der Waals surface area contributed by atoms with Crippen molar-refractivity contribution in [2.75, 3.05) is 0 Å². The van der Waals surface area contributed by atoms with Crippen molar-refractivity contribution in [2.45, 2.75) is 20.1 Å². The molecule has 2 rings (SSSR count). The van der Waals surface area contributed by atoms with Crippen LogP contribution in [0, 0.1) is 6.92 Å². The standard InChI is InChI=1S/C14H16N2O2/c1-10-5-6-14(13(8-15)16-10)18-9-11-3-2-4-12(17)7-11/h2-7,17H,8-9,15H2,1H3. The van der Waals surface area contributed by atoms with Crippen LogP contribution >= 0.6 is 0 Å². The minimum absolute atomic E-state index is 0.233. The van der Waals surface area contributed by atoms with Gasteiger partial charge in [-0.05, 0) is 36.8 Å². The topological polar surface area (TPSA) is 68.4 Å². The van der Waals surface area contributed by atoms with Crippen molar-refractivity contribution in [3.63, 3.8) is 0 Å². The van der Waals surface area contributed by atoms with Gasteiger partial charge in [0.2, 0.25) is 0 Å². The largest absolute Gasteiger partial charge is 0.508 e. The van der Waals surface area contributed by atoms with Crippen molar-refractivity contribution < 1.29 is 9.84 Å². The van der Waals surface area contributed by atoms with Gasteiger partial charge in [0.25, 0.3) is 0 Å². The third-order valence-corrected chi connectivity index (χ3v) is 2.57. The molecule has 0 aliphatic rings. The maximum atomic E-state index is 9.36. The molecule has 2 aromatic rings. The van der Waals surface area contributed by atoms with Gasteiger partial charge in [0.15, 0.2) is 0 Å². The molecule has 0 unspecified atom stereocenters. The van der Waals surface area contributed by atoms with Gasteiger partial charge in [-0.15, -0.1) is 0 Å². The molecule has 1 aromatic heterocycles. The molecule has 4 heteroatoms. The summed E-state index contributed by atoms with van der Waals surface area (Å²) < 4.78 is 5.67. The average molecular weight is 244 g/mol. The normalized spacial score (nSPS) is 10.3. The Morgan fingerprint density at radius 1 is 1.28 bits per heavy atom. The number of rotatable bonds is 4. The number of aromatic nitrogens is 1. The summed E-state index contributed by atoms with van der Waals surface area (Å²) in [5, 5.41) is 9.36. The monoisotopic (exact) mass is 244 g/mol. The highest BCUT2D eigenvalue weighted by atomic mass is 16.5. The summed E-state index contributed by atoms with van der Waals surface area (Å²) in [5.74, 6) is 0.920. The molecule has 4 nitrogen and oxygen atoms in total. The molecule has 0 saturated heterocycles. The molecule has 0 fully saturated rings. The Balaban J connectivity index is 2.10. The molecule has 0 atom stereocenters. The number of aromatic hydroxyl groups is 1. The number of phenolic OH excluding ortho intramolecular Hbond substituents is 1. The zero-order valence-corrected chi connectivity index (χ0v) is 10.3. The van der Waals surface area contributed by atoms with Crippen molar-refractivity contribution in [3.05, 3.63) is 53.3 Å². The van der Waals surface area contributed by atoms with Crippen LogP contribution in [0.25, 0.3) is 0 Å². The quantitative estimate of drug-likeness (QED) is 0.864. The second-order valence-electron chi connectivity index (χ2n) is 4.06. The van der Waals surface area contributed by atoms with Crippen LogP contribution in [-0.2, 0) is 13.2 Å². The number of aryl methyl sites for hydroxylation is 1. The van der Waals surface area contributed by atoms with Gasteiger partial charge in [-0.3, -0.25) is 4.98 Å². The Kier molecular flexibility index (Phi) is 3.79. The minimum Gasteiger partial charge on any atom is -0.508 e. The highest BCUT2D eigenvalue weighted by Gasteiger charge is 2.04. The van der Waals surface area contributed by atoms with E-state index in [1.165, 1.54) is 0 Å². The molecular formula is C14H16N2O2. The molecule has 0 radical (unpaired) electrons. The molecule has 1 heterocycles. The van der Waals surface area contributed by atoms with E-state index in [0.717, 1.165) is 17.0 Å². The maximum absolute atomic E-state index is 9.36. The summed E-state index contributed by atoms with van der Waals surface area (Å²) in [6.07, 6.45) is 0. The summed E-state index contributed by atoms with van der Waals surface area (Å²) >= 11 is 0. The third-order valence-electron chi connectivity index (χ3n) is 2.57. The minimum atomic E-state index is 0.233. The van der Waals surface area contributed by atoms with Crippen LogP contribution in [0.5, 0.6) is 11.5 Å². The third kappa shape index (κ3) is 2.99. The maximum Gasteiger partial charge on any atom is 0.142 e. The molecule has 94 valence electrons. The van der Waals surface area contributed by atoms with Crippen LogP contribution in [0.1, 0.15) is 17.0 Å². The van der Waals surface area contributed by atoms with Crippen LogP contribution in [0.4, 0.5) is 0 Å². The molecule has 18 heavy (non-hydrogen) atoms. The van der Waals surface area contributed by atoms with E-state index in [0.29, 0.717) is 18.9 Å². The van der Waals surface area contributed by atoms with Gasteiger partial charge in [0.05, 0.1) is 5.69 Å². The van der Waals surface area contributed by atoms with Crippen LogP contribution in [-0.4, -0.2) is 10.1 Å². The van der Waals surface area contributed by atoms with Crippen LogP contribution in [0.3, 0.4) is 0 Å². The Bertz CT molecular complexity index is 541. The fourth-order valence-corrected chi connectivity index (χ4v) is 1.68. The smallest absolute Gasteiger partial charge is 0.142 e. The summed E-state index contributed by atoms with van der Waals surface area (Å²) in [6, 6.07) is 10.7. The Labute approximate surface area is 106 Å². The summed E-state index contributed by atoms with van der Waals surface area (Å²) in [4.78, 5) is 4.32. The summed E-state index contributed by atoms with van der Waals surface area (Å²) in [5.41, 5.74) is 8.19. The number of hydrogen-bond donors (Lipinski definition) is 2. The Morgan fingerprint density at radius 3 is 2.83 bits per heavy atom. The van der Waals surface area contributed by atoms with Crippen LogP contribution in [0.15, 0.2) is 36.4 Å². The number of ether oxygens (including phenoxy) is 1. The van der Waals surface area contributed by atoms with Crippen LogP contribution < -0.4 is 10.5 Å². The Morgan fingerprint density at radius 2 is 2.11 bits per heavy atom. The van der Waals surface area contributed by atoms with E-state index >= 15 is 0 Å². The zero-order valence-electron chi connectivity index (χ0n) is 10.3. The van der Waals surface area contributed by atoms with E-state index < -0.39 is 0 Å². The van der Waals surface area contributed by atoms with Crippen molar-refractivity contribution in [3.8, 4) is 11.5 Å². The first-order valence-electron chi connectivity index (χ1n) is 5.76. The number of nitrogens with two attached hydrogens (primary N) is 1. The van der Waals surface area contributed by atoms with E-state index in [4.69, 9.17) is 10.5 Å². The fraction of sp³-hybridized carbons (Fsp3) is 0.214. The van der Waals surface area contributed by atoms with Crippen molar-refractivity contribution in [1.29, 1.82) is 0 Å². The lowest BCUT2D eigenvalue weighted by atomic mass is 10.2. The second-order valence-corrected chi connectivity index (χ2v) is 4.06. The molecular weight excluding hydrogens is 228 g/mol. The first-order chi connectivity index (χ1) is 8.69. The molecule has 0 aliphatic heterocycles. The van der Waals surface area contributed by atoms with E-state index in [1.54, 1.807) is 18.2 Å². The molecule has 0 amide bonds. The molecule has 1 aromatic carbocycles. The lowest BCUT2D eigenvalue weighted by Crippen LogP contribution is -2.05.